The molecule has 1 atom stereocenters. The Kier molecular flexibility index (Phi) is 5.09. The average molecular weight is 256 g/mol. The molecule has 1 aromatic rings. The molecule has 0 bridgehead atoms. The van der Waals surface area contributed by atoms with Gasteiger partial charge in [-0.15, -0.1) is 0 Å². The van der Waals surface area contributed by atoms with Crippen molar-refractivity contribution in [2.45, 2.75) is 13.8 Å². The normalized spacial score (nSPS) is 12.1. The molecule has 5 nitrogen and oxygen atoms in total. The Morgan fingerprint density at radius 2 is 2.18 bits per heavy atom. The maximum atomic E-state index is 11.2. The first-order valence-corrected chi connectivity index (χ1v) is 6.87. The highest BCUT2D eigenvalue weighted by molar-refractivity contribution is 7.84. The predicted octanol–water partition coefficient (Wildman–Crippen LogP) is 2.08. The molecule has 1 rings (SSSR count). The molecule has 0 saturated carbocycles. The quantitative estimate of drug-likeness (QED) is 0.624. The number of nitro groups is 1. The Labute approximate surface area is 103 Å². The Balaban J connectivity index is 2.60. The minimum Gasteiger partial charge on any atom is -0.384 e. The molecule has 1 unspecified atom stereocenters. The van der Waals surface area contributed by atoms with Crippen LogP contribution in [0.2, 0.25) is 0 Å². The number of hydrogen-bond donors (Lipinski definition) is 1. The van der Waals surface area contributed by atoms with Crippen LogP contribution in [0.5, 0.6) is 0 Å². The first kappa shape index (κ1) is 13.6. The molecule has 0 aliphatic carbocycles. The van der Waals surface area contributed by atoms with Gasteiger partial charge in [0.05, 0.1) is 4.92 Å². The highest BCUT2D eigenvalue weighted by Gasteiger charge is 2.07. The second-order valence-corrected chi connectivity index (χ2v) is 5.48. The van der Waals surface area contributed by atoms with E-state index < -0.39 is 15.7 Å². The van der Waals surface area contributed by atoms with Gasteiger partial charge in [0.1, 0.15) is 0 Å². The summed E-state index contributed by atoms with van der Waals surface area (Å²) in [4.78, 5) is 10.1. The molecular formula is C11H16N2O3S. The van der Waals surface area contributed by atoms with E-state index in [4.69, 9.17) is 0 Å². The molecule has 17 heavy (non-hydrogen) atoms. The van der Waals surface area contributed by atoms with Gasteiger partial charge in [-0.3, -0.25) is 14.3 Å². The van der Waals surface area contributed by atoms with Crippen molar-refractivity contribution in [3.63, 3.8) is 0 Å². The number of benzene rings is 1. The van der Waals surface area contributed by atoms with Crippen LogP contribution in [0.1, 0.15) is 12.5 Å². The lowest BCUT2D eigenvalue weighted by Crippen LogP contribution is -2.12. The minimum atomic E-state index is -0.790. The lowest BCUT2D eigenvalue weighted by molar-refractivity contribution is -0.384. The van der Waals surface area contributed by atoms with Crippen LogP contribution < -0.4 is 5.32 Å². The minimum absolute atomic E-state index is 0.0881. The lowest BCUT2D eigenvalue weighted by Gasteiger charge is -2.08. The van der Waals surface area contributed by atoms with E-state index in [0.29, 0.717) is 18.1 Å². The van der Waals surface area contributed by atoms with E-state index in [0.717, 1.165) is 11.3 Å². The zero-order valence-corrected chi connectivity index (χ0v) is 10.8. The summed E-state index contributed by atoms with van der Waals surface area (Å²) in [7, 11) is -0.790. The van der Waals surface area contributed by atoms with E-state index in [2.05, 4.69) is 5.32 Å². The van der Waals surface area contributed by atoms with Gasteiger partial charge in [0.25, 0.3) is 5.69 Å². The number of non-ortho nitro benzene ring substituents is 1. The van der Waals surface area contributed by atoms with Gasteiger partial charge in [-0.05, 0) is 18.6 Å². The van der Waals surface area contributed by atoms with Gasteiger partial charge in [-0.25, -0.2) is 0 Å². The molecule has 0 aliphatic heterocycles. The molecule has 0 aromatic heterocycles. The van der Waals surface area contributed by atoms with Crippen molar-refractivity contribution in [3.05, 3.63) is 33.9 Å². The van der Waals surface area contributed by atoms with E-state index in [-0.39, 0.29) is 5.69 Å². The second-order valence-electron chi connectivity index (χ2n) is 3.62. The van der Waals surface area contributed by atoms with Crippen LogP contribution in [0, 0.1) is 17.0 Å². The number of hydrogen-bond acceptors (Lipinski definition) is 4. The fraction of sp³-hybridized carbons (Fsp3) is 0.455. The summed E-state index contributed by atoms with van der Waals surface area (Å²) in [6.45, 7) is 4.30. The van der Waals surface area contributed by atoms with Crippen LogP contribution in [-0.2, 0) is 10.8 Å². The largest absolute Gasteiger partial charge is 0.384 e. The summed E-state index contributed by atoms with van der Waals surface area (Å²) < 4.78 is 11.2. The van der Waals surface area contributed by atoms with Crippen molar-refractivity contribution in [3.8, 4) is 0 Å². The van der Waals surface area contributed by atoms with Crippen molar-refractivity contribution in [2.75, 3.05) is 23.4 Å². The van der Waals surface area contributed by atoms with Crippen LogP contribution >= 0.6 is 0 Å². The van der Waals surface area contributed by atoms with E-state index in [9.17, 15) is 14.3 Å². The van der Waals surface area contributed by atoms with Crippen molar-refractivity contribution in [1.29, 1.82) is 0 Å². The standard InChI is InChI=1S/C11H16N2O3S/c1-3-17(16)7-6-12-11-5-4-10(13(14)15)8-9(11)2/h4-5,8,12H,3,6-7H2,1-2H3. The maximum Gasteiger partial charge on any atom is 0.269 e. The summed E-state index contributed by atoms with van der Waals surface area (Å²) in [5.74, 6) is 1.24. The van der Waals surface area contributed by atoms with Crippen LogP contribution in [0.4, 0.5) is 11.4 Å². The average Bonchev–Trinajstić information content (AvgIpc) is 2.30. The Morgan fingerprint density at radius 3 is 2.71 bits per heavy atom. The number of nitro benzene ring substituents is 1. The van der Waals surface area contributed by atoms with Gasteiger partial charge >= 0.3 is 0 Å². The number of rotatable bonds is 6. The summed E-state index contributed by atoms with van der Waals surface area (Å²) in [5, 5.41) is 13.7. The lowest BCUT2D eigenvalue weighted by atomic mass is 10.2. The summed E-state index contributed by atoms with van der Waals surface area (Å²) >= 11 is 0. The third kappa shape index (κ3) is 4.14. The van der Waals surface area contributed by atoms with Crippen LogP contribution in [-0.4, -0.2) is 27.2 Å². The zero-order chi connectivity index (χ0) is 12.8. The molecule has 0 heterocycles. The summed E-state index contributed by atoms with van der Waals surface area (Å²) in [6, 6.07) is 4.67. The highest BCUT2D eigenvalue weighted by Crippen LogP contribution is 2.20. The van der Waals surface area contributed by atoms with Crippen LogP contribution in [0.25, 0.3) is 0 Å². The number of nitrogens with one attached hydrogen (secondary N) is 1. The third-order valence-electron chi connectivity index (χ3n) is 2.39. The highest BCUT2D eigenvalue weighted by atomic mass is 32.2. The maximum absolute atomic E-state index is 11.2. The van der Waals surface area contributed by atoms with Gasteiger partial charge in [-0.1, -0.05) is 6.92 Å². The predicted molar refractivity (Wildman–Crippen MR) is 69.9 cm³/mol. The van der Waals surface area contributed by atoms with Crippen molar-refractivity contribution in [2.24, 2.45) is 0 Å². The van der Waals surface area contributed by atoms with Gasteiger partial charge in [0, 0.05) is 46.7 Å². The van der Waals surface area contributed by atoms with Gasteiger partial charge < -0.3 is 5.32 Å². The first-order chi connectivity index (χ1) is 8.04. The molecule has 94 valence electrons. The summed E-state index contributed by atoms with van der Waals surface area (Å²) in [6.07, 6.45) is 0. The summed E-state index contributed by atoms with van der Waals surface area (Å²) in [5.41, 5.74) is 1.76. The topological polar surface area (TPSA) is 72.2 Å². The zero-order valence-electron chi connectivity index (χ0n) is 9.93. The van der Waals surface area contributed by atoms with Gasteiger partial charge in [0.15, 0.2) is 0 Å². The molecule has 0 spiro atoms. The molecule has 0 amide bonds. The number of nitrogens with zero attached hydrogens (tertiary/aromatic N) is 1. The molecule has 0 fully saturated rings. The third-order valence-corrected chi connectivity index (χ3v) is 3.69. The number of anilines is 1. The molecule has 1 N–H and O–H groups in total. The Hall–Kier alpha value is -1.43. The van der Waals surface area contributed by atoms with Crippen LogP contribution in [0.3, 0.4) is 0 Å². The SMILES string of the molecule is CCS(=O)CCNc1ccc([N+](=O)[O-])cc1C. The fourth-order valence-corrected chi connectivity index (χ4v) is 2.02. The molecule has 0 saturated heterocycles. The van der Waals surface area contributed by atoms with Crippen LogP contribution in [0.15, 0.2) is 18.2 Å². The van der Waals surface area contributed by atoms with Crippen molar-refractivity contribution >= 4 is 22.2 Å². The molecule has 6 heteroatoms. The Morgan fingerprint density at radius 1 is 1.47 bits per heavy atom. The van der Waals surface area contributed by atoms with Gasteiger partial charge in [0.2, 0.25) is 0 Å². The van der Waals surface area contributed by atoms with Crippen molar-refractivity contribution < 1.29 is 9.13 Å². The monoisotopic (exact) mass is 256 g/mol. The fourth-order valence-electron chi connectivity index (χ4n) is 1.40. The molecular weight excluding hydrogens is 240 g/mol. The molecule has 0 aliphatic rings. The van der Waals surface area contributed by atoms with Crippen molar-refractivity contribution in [1.82, 2.24) is 0 Å². The molecule has 1 aromatic carbocycles. The van der Waals surface area contributed by atoms with Gasteiger partial charge in [-0.2, -0.15) is 0 Å². The first-order valence-electron chi connectivity index (χ1n) is 5.38. The Bertz CT molecular complexity index is 435. The van der Waals surface area contributed by atoms with E-state index >= 15 is 0 Å². The second kappa shape index (κ2) is 6.34. The smallest absolute Gasteiger partial charge is 0.269 e. The van der Waals surface area contributed by atoms with E-state index in [1.807, 2.05) is 13.8 Å². The molecule has 0 radical (unpaired) electrons. The van der Waals surface area contributed by atoms with E-state index in [1.54, 1.807) is 6.07 Å². The number of aryl methyl sites for hydroxylation is 1. The van der Waals surface area contributed by atoms with E-state index in [1.165, 1.54) is 12.1 Å².